The van der Waals surface area contributed by atoms with Crippen molar-refractivity contribution in [2.24, 2.45) is 0 Å². The van der Waals surface area contributed by atoms with Crippen LogP contribution < -0.4 is 5.32 Å². The van der Waals surface area contributed by atoms with Crippen molar-refractivity contribution < 1.29 is 27.9 Å². The van der Waals surface area contributed by atoms with Gasteiger partial charge in [0.2, 0.25) is 10.0 Å². The largest absolute Gasteiger partial charge is 0.451 e. The fraction of sp³-hybridized carbons (Fsp3) is 0.391. The molecule has 3 rings (SSSR count). The molecule has 0 spiro atoms. The molecule has 3 atom stereocenters. The molecule has 0 aromatic heterocycles. The van der Waals surface area contributed by atoms with Crippen molar-refractivity contribution in [3.8, 4) is 0 Å². The van der Waals surface area contributed by atoms with Crippen LogP contribution in [0.5, 0.6) is 0 Å². The van der Waals surface area contributed by atoms with Gasteiger partial charge in [0.05, 0.1) is 11.0 Å². The zero-order chi connectivity index (χ0) is 23.5. The molecule has 1 heterocycles. The molecule has 1 aliphatic heterocycles. The molecule has 1 saturated heterocycles. The van der Waals surface area contributed by atoms with Crippen LogP contribution in [0.3, 0.4) is 0 Å². The van der Waals surface area contributed by atoms with Crippen LogP contribution in [0.2, 0.25) is 0 Å². The Hall–Kier alpha value is -2.75. The van der Waals surface area contributed by atoms with Crippen LogP contribution in [0.25, 0.3) is 0 Å². The molecule has 0 radical (unpaired) electrons. The molecule has 2 unspecified atom stereocenters. The van der Waals surface area contributed by atoms with E-state index in [0.29, 0.717) is 0 Å². The first-order valence-corrected chi connectivity index (χ1v) is 11.8. The first kappa shape index (κ1) is 23.9. The van der Waals surface area contributed by atoms with Crippen LogP contribution >= 0.6 is 0 Å². The maximum absolute atomic E-state index is 13.2. The van der Waals surface area contributed by atoms with Gasteiger partial charge in [0.25, 0.3) is 5.91 Å². The lowest BCUT2D eigenvalue weighted by atomic mass is 10.1. The number of aliphatic hydroxyl groups excluding tert-OH is 1. The van der Waals surface area contributed by atoms with Crippen molar-refractivity contribution in [3.63, 3.8) is 0 Å². The van der Waals surface area contributed by atoms with Crippen LogP contribution in [0.4, 0.5) is 0 Å². The van der Waals surface area contributed by atoms with Crippen molar-refractivity contribution in [2.75, 3.05) is 6.54 Å². The second-order valence-electron chi connectivity index (χ2n) is 8.01. The van der Waals surface area contributed by atoms with Gasteiger partial charge in [-0.3, -0.25) is 9.59 Å². The fourth-order valence-electron chi connectivity index (χ4n) is 3.51. The first-order valence-electron chi connectivity index (χ1n) is 10.4. The number of benzene rings is 2. The van der Waals surface area contributed by atoms with E-state index in [1.807, 2.05) is 37.3 Å². The summed E-state index contributed by atoms with van der Waals surface area (Å²) < 4.78 is 32.6. The molecule has 0 saturated carbocycles. The number of hydrogen-bond donors (Lipinski definition) is 2. The van der Waals surface area contributed by atoms with Gasteiger partial charge in [-0.15, -0.1) is 0 Å². The van der Waals surface area contributed by atoms with Crippen molar-refractivity contribution in [1.82, 2.24) is 9.62 Å². The van der Waals surface area contributed by atoms with Gasteiger partial charge in [-0.1, -0.05) is 36.4 Å². The van der Waals surface area contributed by atoms with E-state index in [0.717, 1.165) is 21.0 Å². The first-order chi connectivity index (χ1) is 15.1. The van der Waals surface area contributed by atoms with Crippen LogP contribution in [-0.4, -0.2) is 54.5 Å². The summed E-state index contributed by atoms with van der Waals surface area (Å²) in [5, 5.41) is 12.8. The molecule has 1 amide bonds. The molecular weight excluding hydrogens is 432 g/mol. The number of nitrogens with one attached hydrogen (secondary N) is 1. The summed E-state index contributed by atoms with van der Waals surface area (Å²) in [6, 6.07) is 12.8. The smallest absolute Gasteiger partial charge is 0.325 e. The van der Waals surface area contributed by atoms with Gasteiger partial charge in [0, 0.05) is 19.5 Å². The zero-order valence-corrected chi connectivity index (χ0v) is 19.1. The van der Waals surface area contributed by atoms with Crippen LogP contribution in [0.15, 0.2) is 53.4 Å². The number of ether oxygens (including phenoxy) is 1. The number of aliphatic hydroxyl groups is 1. The highest BCUT2D eigenvalue weighted by molar-refractivity contribution is 7.89. The number of β-amino-alcohol motifs (C(OH)–C–C–N with tert-alkyl or cyclic N) is 1. The number of hydrogen-bond acceptors (Lipinski definition) is 6. The SMILES string of the molecule is Cc1ccc(S(=O)(=O)N2CC(O)C[C@H]2C(=O)OC(C)C(=O)NCc2ccccc2)cc1C. The summed E-state index contributed by atoms with van der Waals surface area (Å²) in [6.07, 6.45) is -2.22. The molecule has 2 aromatic carbocycles. The van der Waals surface area contributed by atoms with E-state index in [2.05, 4.69) is 5.32 Å². The number of carbonyl (C=O) groups excluding carboxylic acids is 2. The molecule has 1 aliphatic rings. The summed E-state index contributed by atoms with van der Waals surface area (Å²) in [7, 11) is -4.04. The molecule has 32 heavy (non-hydrogen) atoms. The van der Waals surface area contributed by atoms with E-state index >= 15 is 0 Å². The number of sulfonamides is 1. The highest BCUT2D eigenvalue weighted by atomic mass is 32.2. The predicted octanol–water partition coefficient (Wildman–Crippen LogP) is 1.68. The van der Waals surface area contributed by atoms with E-state index < -0.39 is 40.1 Å². The Bertz CT molecular complexity index is 1090. The maximum atomic E-state index is 13.2. The number of carbonyl (C=O) groups is 2. The third-order valence-electron chi connectivity index (χ3n) is 5.56. The summed E-state index contributed by atoms with van der Waals surface area (Å²) >= 11 is 0. The molecule has 9 heteroatoms. The highest BCUT2D eigenvalue weighted by Crippen LogP contribution is 2.28. The molecule has 8 nitrogen and oxygen atoms in total. The van der Waals surface area contributed by atoms with Crippen LogP contribution in [-0.2, 0) is 30.9 Å². The lowest BCUT2D eigenvalue weighted by molar-refractivity contribution is -0.158. The second kappa shape index (κ2) is 9.81. The number of rotatable bonds is 7. The minimum atomic E-state index is -4.04. The summed E-state index contributed by atoms with van der Waals surface area (Å²) in [5.41, 5.74) is 2.63. The standard InChI is InChI=1S/C23H28N2O6S/c1-15-9-10-20(11-16(15)2)32(29,30)25-14-19(26)12-21(25)23(28)31-17(3)22(27)24-13-18-7-5-4-6-8-18/h4-11,17,19,21,26H,12-14H2,1-3H3,(H,24,27)/t17?,19?,21-/m0/s1. The third-order valence-corrected chi connectivity index (χ3v) is 7.43. The van der Waals surface area contributed by atoms with Gasteiger partial charge >= 0.3 is 5.97 Å². The molecule has 1 fully saturated rings. The Morgan fingerprint density at radius 2 is 1.84 bits per heavy atom. The number of amides is 1. The van der Waals surface area contributed by atoms with Gasteiger partial charge in [-0.25, -0.2) is 8.42 Å². The quantitative estimate of drug-likeness (QED) is 0.608. The summed E-state index contributed by atoms with van der Waals surface area (Å²) in [5.74, 6) is -1.36. The Balaban J connectivity index is 1.68. The predicted molar refractivity (Wildman–Crippen MR) is 118 cm³/mol. The minimum Gasteiger partial charge on any atom is -0.451 e. The Labute approximate surface area is 188 Å². The number of aryl methyl sites for hydroxylation is 2. The van der Waals surface area contributed by atoms with Gasteiger partial charge in [0.1, 0.15) is 6.04 Å². The van der Waals surface area contributed by atoms with Crippen molar-refractivity contribution in [1.29, 1.82) is 0 Å². The molecule has 172 valence electrons. The van der Waals surface area contributed by atoms with Gasteiger partial charge in [-0.05, 0) is 49.6 Å². The number of esters is 1. The fourth-order valence-corrected chi connectivity index (χ4v) is 5.22. The topological polar surface area (TPSA) is 113 Å². The van der Waals surface area contributed by atoms with E-state index in [4.69, 9.17) is 4.74 Å². The molecule has 0 aliphatic carbocycles. The van der Waals surface area contributed by atoms with Gasteiger partial charge in [0.15, 0.2) is 6.10 Å². The highest BCUT2D eigenvalue weighted by Gasteiger charge is 2.45. The molecule has 0 bridgehead atoms. The van der Waals surface area contributed by atoms with E-state index in [1.54, 1.807) is 13.0 Å². The third kappa shape index (κ3) is 5.35. The minimum absolute atomic E-state index is 0.0427. The van der Waals surface area contributed by atoms with Crippen molar-refractivity contribution >= 4 is 21.9 Å². The second-order valence-corrected chi connectivity index (χ2v) is 9.90. The van der Waals surface area contributed by atoms with Gasteiger partial charge in [-0.2, -0.15) is 4.31 Å². The average molecular weight is 461 g/mol. The monoisotopic (exact) mass is 460 g/mol. The molecule has 2 N–H and O–H groups in total. The number of nitrogens with zero attached hydrogens (tertiary/aromatic N) is 1. The van der Waals surface area contributed by atoms with Crippen LogP contribution in [0.1, 0.15) is 30.0 Å². The van der Waals surface area contributed by atoms with Crippen molar-refractivity contribution in [2.45, 2.75) is 56.9 Å². The normalized spacial score (nSPS) is 20.0. The molecule has 2 aromatic rings. The van der Waals surface area contributed by atoms with E-state index in [9.17, 15) is 23.1 Å². The van der Waals surface area contributed by atoms with Gasteiger partial charge < -0.3 is 15.2 Å². The molecular formula is C23H28N2O6S. The average Bonchev–Trinajstić information content (AvgIpc) is 3.17. The van der Waals surface area contributed by atoms with Crippen LogP contribution in [0, 0.1) is 13.8 Å². The lowest BCUT2D eigenvalue weighted by Crippen LogP contribution is -2.44. The Morgan fingerprint density at radius 1 is 1.16 bits per heavy atom. The summed E-state index contributed by atoms with van der Waals surface area (Å²) in [6.45, 7) is 5.15. The van der Waals surface area contributed by atoms with E-state index in [1.165, 1.54) is 19.1 Å². The Morgan fingerprint density at radius 3 is 2.50 bits per heavy atom. The Kier molecular flexibility index (Phi) is 7.33. The zero-order valence-electron chi connectivity index (χ0n) is 18.3. The lowest BCUT2D eigenvalue weighted by Gasteiger charge is -2.24. The maximum Gasteiger partial charge on any atom is 0.325 e. The van der Waals surface area contributed by atoms with E-state index in [-0.39, 0.29) is 24.4 Å². The van der Waals surface area contributed by atoms with Crippen molar-refractivity contribution in [3.05, 3.63) is 65.2 Å². The summed E-state index contributed by atoms with van der Waals surface area (Å²) in [4.78, 5) is 25.1.